The second kappa shape index (κ2) is 8.75. The number of rotatable bonds is 6. The van der Waals surface area contributed by atoms with Crippen LogP contribution in [0.5, 0.6) is 11.5 Å². The Bertz CT molecular complexity index is 762. The Balaban J connectivity index is 1.84. The van der Waals surface area contributed by atoms with Crippen LogP contribution in [-0.4, -0.2) is 36.8 Å². The molecule has 10 heteroatoms. The van der Waals surface area contributed by atoms with Crippen LogP contribution in [0.25, 0.3) is 0 Å². The number of nitrogens with one attached hydrogen (secondary N) is 2. The molecule has 3 N–H and O–H groups in total. The molecule has 0 saturated carbocycles. The topological polar surface area (TPSA) is 78.8 Å². The van der Waals surface area contributed by atoms with E-state index in [4.69, 9.17) is 4.74 Å². The summed E-state index contributed by atoms with van der Waals surface area (Å²) in [5.74, 6) is 1.20. The Kier molecular flexibility index (Phi) is 6.67. The fraction of sp³-hybridized carbons (Fsp3) is 0.375. The molecule has 0 fully saturated rings. The fourth-order valence-electron chi connectivity index (χ4n) is 2.07. The third-order valence-corrected chi connectivity index (χ3v) is 4.34. The maximum atomic E-state index is 12.5. The second-order valence-electron chi connectivity index (χ2n) is 5.22. The number of alkyl halides is 3. The molecule has 1 heterocycles. The zero-order valence-corrected chi connectivity index (χ0v) is 15.0. The van der Waals surface area contributed by atoms with Gasteiger partial charge in [0.1, 0.15) is 11.5 Å². The van der Waals surface area contributed by atoms with Gasteiger partial charge < -0.3 is 20.5 Å². The predicted molar refractivity (Wildman–Crippen MR) is 93.7 cm³/mol. The van der Waals surface area contributed by atoms with Crippen LogP contribution in [0.2, 0.25) is 0 Å². The lowest BCUT2D eigenvalue weighted by Gasteiger charge is -2.13. The van der Waals surface area contributed by atoms with Crippen molar-refractivity contribution >= 4 is 17.3 Å². The molecule has 142 valence electrons. The van der Waals surface area contributed by atoms with Crippen LogP contribution in [-0.2, 0) is 19.1 Å². The molecule has 0 radical (unpaired) electrons. The van der Waals surface area contributed by atoms with Gasteiger partial charge >= 0.3 is 6.18 Å². The highest BCUT2D eigenvalue weighted by Gasteiger charge is 2.33. The second-order valence-corrected chi connectivity index (χ2v) is 6.16. The summed E-state index contributed by atoms with van der Waals surface area (Å²) in [7, 11) is 3.11. The third-order valence-electron chi connectivity index (χ3n) is 3.43. The predicted octanol–water partition coefficient (Wildman–Crippen LogP) is 2.78. The standard InChI is InChI=1S/C16H19F3N4O2S/c1-20-15(22-8-10-7-11(25-2)3-4-12(10)24)21-6-5-14-23-13(9-26-14)16(17,18)19/h3-4,7,9,24H,5-6,8H2,1-2H3,(H2,20,21,22). The zero-order chi connectivity index (χ0) is 19.2. The van der Waals surface area contributed by atoms with E-state index in [0.29, 0.717) is 41.8 Å². The number of phenols is 1. The summed E-state index contributed by atoms with van der Waals surface area (Å²) in [5, 5.41) is 17.3. The summed E-state index contributed by atoms with van der Waals surface area (Å²) >= 11 is 0.974. The molecule has 1 aromatic heterocycles. The number of hydrogen-bond donors (Lipinski definition) is 3. The largest absolute Gasteiger partial charge is 0.508 e. The van der Waals surface area contributed by atoms with Crippen LogP contribution < -0.4 is 15.4 Å². The van der Waals surface area contributed by atoms with E-state index in [1.165, 1.54) is 13.2 Å². The van der Waals surface area contributed by atoms with Crippen molar-refractivity contribution in [1.82, 2.24) is 15.6 Å². The van der Waals surface area contributed by atoms with Crippen LogP contribution >= 0.6 is 11.3 Å². The van der Waals surface area contributed by atoms with Gasteiger partial charge in [0.2, 0.25) is 0 Å². The maximum absolute atomic E-state index is 12.5. The Morgan fingerprint density at radius 1 is 1.35 bits per heavy atom. The summed E-state index contributed by atoms with van der Waals surface area (Å²) < 4.78 is 42.7. The van der Waals surface area contributed by atoms with Crippen molar-refractivity contribution in [2.45, 2.75) is 19.1 Å². The molecular weight excluding hydrogens is 369 g/mol. The van der Waals surface area contributed by atoms with Crippen molar-refractivity contribution in [2.24, 2.45) is 4.99 Å². The average Bonchev–Trinajstić information content (AvgIpc) is 3.08. The molecule has 1 aromatic carbocycles. The molecule has 0 saturated heterocycles. The minimum Gasteiger partial charge on any atom is -0.508 e. The summed E-state index contributed by atoms with van der Waals surface area (Å²) in [6.45, 7) is 0.673. The first-order chi connectivity index (χ1) is 12.3. The first-order valence-electron chi connectivity index (χ1n) is 7.65. The van der Waals surface area contributed by atoms with Gasteiger partial charge in [-0.15, -0.1) is 11.3 Å². The summed E-state index contributed by atoms with van der Waals surface area (Å²) in [6, 6.07) is 4.88. The number of thiazole rings is 1. The van der Waals surface area contributed by atoms with E-state index in [9.17, 15) is 18.3 Å². The number of nitrogens with zero attached hydrogens (tertiary/aromatic N) is 2. The van der Waals surface area contributed by atoms with Crippen LogP contribution in [0.4, 0.5) is 13.2 Å². The molecule has 0 atom stereocenters. The molecule has 0 bridgehead atoms. The smallest absolute Gasteiger partial charge is 0.434 e. The van der Waals surface area contributed by atoms with Crippen molar-refractivity contribution in [1.29, 1.82) is 0 Å². The average molecular weight is 388 g/mol. The molecule has 6 nitrogen and oxygen atoms in total. The van der Waals surface area contributed by atoms with E-state index in [1.807, 2.05) is 0 Å². The van der Waals surface area contributed by atoms with E-state index in [-0.39, 0.29) is 5.75 Å². The number of halogens is 3. The highest BCUT2D eigenvalue weighted by Crippen LogP contribution is 2.30. The minimum absolute atomic E-state index is 0.121. The Labute approximate surface area is 152 Å². The number of phenolic OH excluding ortho intramolecular Hbond substituents is 1. The number of aromatic nitrogens is 1. The van der Waals surface area contributed by atoms with Crippen LogP contribution in [0.3, 0.4) is 0 Å². The molecule has 0 spiro atoms. The molecule has 0 amide bonds. The first-order valence-corrected chi connectivity index (χ1v) is 8.53. The summed E-state index contributed by atoms with van der Waals surface area (Å²) in [5.41, 5.74) is -0.240. The minimum atomic E-state index is -4.42. The fourth-order valence-corrected chi connectivity index (χ4v) is 2.88. The van der Waals surface area contributed by atoms with Crippen molar-refractivity contribution in [3.63, 3.8) is 0 Å². The Morgan fingerprint density at radius 3 is 2.73 bits per heavy atom. The lowest BCUT2D eigenvalue weighted by molar-refractivity contribution is -0.140. The number of guanidine groups is 1. The molecule has 0 aliphatic rings. The van der Waals surface area contributed by atoms with E-state index < -0.39 is 11.9 Å². The number of aliphatic imine (C=N–C) groups is 1. The molecule has 2 rings (SSSR count). The molecule has 0 unspecified atom stereocenters. The van der Waals surface area contributed by atoms with Crippen LogP contribution in [0, 0.1) is 0 Å². The lowest BCUT2D eigenvalue weighted by Crippen LogP contribution is -2.37. The molecule has 0 aliphatic heterocycles. The van der Waals surface area contributed by atoms with Gasteiger partial charge in [0.15, 0.2) is 11.7 Å². The maximum Gasteiger partial charge on any atom is 0.434 e. The molecule has 0 aliphatic carbocycles. The van der Waals surface area contributed by atoms with Crippen LogP contribution in [0.15, 0.2) is 28.6 Å². The molecule has 26 heavy (non-hydrogen) atoms. The van der Waals surface area contributed by atoms with Crippen molar-refractivity contribution < 1.29 is 23.0 Å². The lowest BCUT2D eigenvalue weighted by atomic mass is 10.2. The number of methoxy groups -OCH3 is 1. The number of hydrogen-bond acceptors (Lipinski definition) is 5. The quantitative estimate of drug-likeness (QED) is 0.524. The normalized spacial score (nSPS) is 12.1. The highest BCUT2D eigenvalue weighted by atomic mass is 32.1. The van der Waals surface area contributed by atoms with Gasteiger partial charge in [-0.3, -0.25) is 4.99 Å². The van der Waals surface area contributed by atoms with E-state index in [1.54, 1.807) is 19.2 Å². The third kappa shape index (κ3) is 5.51. The van der Waals surface area contributed by atoms with E-state index in [2.05, 4.69) is 20.6 Å². The highest BCUT2D eigenvalue weighted by molar-refractivity contribution is 7.09. The van der Waals surface area contributed by atoms with Crippen molar-refractivity contribution in [3.8, 4) is 11.5 Å². The number of aromatic hydroxyl groups is 1. The van der Waals surface area contributed by atoms with Gasteiger partial charge in [0.05, 0.1) is 12.1 Å². The Hall–Kier alpha value is -2.49. The van der Waals surface area contributed by atoms with Gasteiger partial charge in [-0.05, 0) is 18.2 Å². The molecular formula is C16H19F3N4O2S. The van der Waals surface area contributed by atoms with Crippen LogP contribution in [0.1, 0.15) is 16.3 Å². The van der Waals surface area contributed by atoms with Gasteiger partial charge in [0, 0.05) is 37.5 Å². The van der Waals surface area contributed by atoms with Gasteiger partial charge in [-0.25, -0.2) is 4.98 Å². The monoisotopic (exact) mass is 388 g/mol. The van der Waals surface area contributed by atoms with Crippen molar-refractivity contribution in [3.05, 3.63) is 39.8 Å². The number of benzene rings is 1. The van der Waals surface area contributed by atoms with Gasteiger partial charge in [-0.2, -0.15) is 13.2 Å². The van der Waals surface area contributed by atoms with E-state index in [0.717, 1.165) is 16.7 Å². The van der Waals surface area contributed by atoms with Crippen molar-refractivity contribution in [2.75, 3.05) is 20.7 Å². The summed E-state index contributed by atoms with van der Waals surface area (Å²) in [6.07, 6.45) is -4.08. The summed E-state index contributed by atoms with van der Waals surface area (Å²) in [4.78, 5) is 7.61. The SMILES string of the molecule is CN=C(NCCc1nc(C(F)(F)F)cs1)NCc1cc(OC)ccc1O. The number of ether oxygens (including phenoxy) is 1. The Morgan fingerprint density at radius 2 is 2.12 bits per heavy atom. The van der Waals surface area contributed by atoms with E-state index >= 15 is 0 Å². The van der Waals surface area contributed by atoms with Gasteiger partial charge in [0.25, 0.3) is 0 Å². The molecule has 2 aromatic rings. The zero-order valence-electron chi connectivity index (χ0n) is 14.2. The first kappa shape index (κ1) is 19.8. The van der Waals surface area contributed by atoms with Gasteiger partial charge in [-0.1, -0.05) is 0 Å².